The number of halogens is 2. The summed E-state index contributed by atoms with van der Waals surface area (Å²) >= 11 is 9.33. The van der Waals surface area contributed by atoms with Gasteiger partial charge in [-0.05, 0) is 23.8 Å². The molecule has 0 aromatic heterocycles. The third kappa shape index (κ3) is 3.48. The molecule has 2 aromatic carbocycles. The van der Waals surface area contributed by atoms with Crippen LogP contribution in [0.5, 0.6) is 0 Å². The Morgan fingerprint density at radius 1 is 1.06 bits per heavy atom. The van der Waals surface area contributed by atoms with Crippen molar-refractivity contribution in [3.8, 4) is 0 Å². The minimum Gasteiger partial charge on any atom is -0.398 e. The van der Waals surface area contributed by atoms with Crippen molar-refractivity contribution in [3.63, 3.8) is 0 Å². The SMILES string of the molecule is Nc1cc(Cl)ccc1COCc1ccccc1Br. The minimum absolute atomic E-state index is 0.477. The van der Waals surface area contributed by atoms with E-state index in [4.69, 9.17) is 22.1 Å². The van der Waals surface area contributed by atoms with Crippen molar-refractivity contribution in [2.75, 3.05) is 5.73 Å². The molecule has 2 aromatic rings. The van der Waals surface area contributed by atoms with Crippen LogP contribution in [0.1, 0.15) is 11.1 Å². The normalized spacial score (nSPS) is 10.6. The number of hydrogen-bond acceptors (Lipinski definition) is 2. The van der Waals surface area contributed by atoms with E-state index in [1.165, 1.54) is 0 Å². The van der Waals surface area contributed by atoms with Crippen LogP contribution in [0.25, 0.3) is 0 Å². The van der Waals surface area contributed by atoms with Gasteiger partial charge >= 0.3 is 0 Å². The molecule has 0 saturated carbocycles. The highest BCUT2D eigenvalue weighted by Gasteiger charge is 2.02. The molecule has 0 unspecified atom stereocenters. The lowest BCUT2D eigenvalue weighted by molar-refractivity contribution is 0.107. The Morgan fingerprint density at radius 3 is 2.50 bits per heavy atom. The van der Waals surface area contributed by atoms with Crippen LogP contribution in [0.3, 0.4) is 0 Å². The van der Waals surface area contributed by atoms with Crippen LogP contribution in [0.2, 0.25) is 5.02 Å². The molecule has 0 radical (unpaired) electrons. The third-order valence-electron chi connectivity index (χ3n) is 2.58. The Bertz CT molecular complexity index is 545. The Kier molecular flexibility index (Phi) is 4.64. The van der Waals surface area contributed by atoms with Gasteiger partial charge in [-0.3, -0.25) is 0 Å². The van der Waals surface area contributed by atoms with Crippen LogP contribution in [0, 0.1) is 0 Å². The van der Waals surface area contributed by atoms with Gasteiger partial charge < -0.3 is 10.5 Å². The van der Waals surface area contributed by atoms with Crippen molar-refractivity contribution in [2.45, 2.75) is 13.2 Å². The van der Waals surface area contributed by atoms with E-state index < -0.39 is 0 Å². The van der Waals surface area contributed by atoms with Crippen LogP contribution >= 0.6 is 27.5 Å². The van der Waals surface area contributed by atoms with E-state index in [1.54, 1.807) is 6.07 Å². The molecule has 2 N–H and O–H groups in total. The molecule has 0 atom stereocenters. The first kappa shape index (κ1) is 13.4. The van der Waals surface area contributed by atoms with E-state index in [9.17, 15) is 0 Å². The first-order chi connectivity index (χ1) is 8.66. The summed E-state index contributed by atoms with van der Waals surface area (Å²) in [4.78, 5) is 0. The van der Waals surface area contributed by atoms with Crippen molar-refractivity contribution in [1.29, 1.82) is 0 Å². The zero-order chi connectivity index (χ0) is 13.0. The molecule has 2 nitrogen and oxygen atoms in total. The fourth-order valence-electron chi connectivity index (χ4n) is 1.58. The van der Waals surface area contributed by atoms with Crippen molar-refractivity contribution in [1.82, 2.24) is 0 Å². The molecule has 0 aliphatic heterocycles. The van der Waals surface area contributed by atoms with Gasteiger partial charge in [-0.25, -0.2) is 0 Å². The highest BCUT2D eigenvalue weighted by Crippen LogP contribution is 2.20. The second kappa shape index (κ2) is 6.23. The van der Waals surface area contributed by atoms with Gasteiger partial charge in [0.15, 0.2) is 0 Å². The largest absolute Gasteiger partial charge is 0.398 e. The molecule has 2 rings (SSSR count). The van der Waals surface area contributed by atoms with Crippen LogP contribution in [-0.2, 0) is 18.0 Å². The van der Waals surface area contributed by atoms with Gasteiger partial charge in [0.2, 0.25) is 0 Å². The van der Waals surface area contributed by atoms with E-state index in [-0.39, 0.29) is 0 Å². The number of nitrogen functional groups attached to an aromatic ring is 1. The predicted octanol–water partition coefficient (Wildman–Crippen LogP) is 4.40. The number of ether oxygens (including phenoxy) is 1. The zero-order valence-corrected chi connectivity index (χ0v) is 12.0. The fraction of sp³-hybridized carbons (Fsp3) is 0.143. The summed E-state index contributed by atoms with van der Waals surface area (Å²) in [7, 11) is 0. The number of hydrogen-bond donors (Lipinski definition) is 1. The zero-order valence-electron chi connectivity index (χ0n) is 9.70. The van der Waals surface area contributed by atoms with Gasteiger partial charge in [0.25, 0.3) is 0 Å². The topological polar surface area (TPSA) is 35.2 Å². The molecule has 18 heavy (non-hydrogen) atoms. The van der Waals surface area contributed by atoms with E-state index in [0.717, 1.165) is 15.6 Å². The monoisotopic (exact) mass is 325 g/mol. The maximum atomic E-state index is 5.86. The molecular formula is C14H13BrClNO. The summed E-state index contributed by atoms with van der Waals surface area (Å²) in [6, 6.07) is 13.4. The lowest BCUT2D eigenvalue weighted by Gasteiger charge is -2.08. The summed E-state index contributed by atoms with van der Waals surface area (Å²) in [6.07, 6.45) is 0. The number of rotatable bonds is 4. The van der Waals surface area contributed by atoms with E-state index in [2.05, 4.69) is 15.9 Å². The molecule has 0 fully saturated rings. The maximum Gasteiger partial charge on any atom is 0.0741 e. The Morgan fingerprint density at radius 2 is 1.78 bits per heavy atom. The highest BCUT2D eigenvalue weighted by molar-refractivity contribution is 9.10. The third-order valence-corrected chi connectivity index (χ3v) is 3.59. The molecule has 94 valence electrons. The molecule has 0 saturated heterocycles. The molecular weight excluding hydrogens is 314 g/mol. The van der Waals surface area contributed by atoms with Gasteiger partial charge in [-0.15, -0.1) is 0 Å². The number of nitrogens with two attached hydrogens (primary N) is 1. The molecule has 0 aliphatic rings. The van der Waals surface area contributed by atoms with Gasteiger partial charge in [0.1, 0.15) is 0 Å². The first-order valence-corrected chi connectivity index (χ1v) is 6.69. The van der Waals surface area contributed by atoms with E-state index >= 15 is 0 Å². The number of benzene rings is 2. The van der Waals surface area contributed by atoms with E-state index in [0.29, 0.717) is 23.9 Å². The summed E-state index contributed by atoms with van der Waals surface area (Å²) in [5.74, 6) is 0. The van der Waals surface area contributed by atoms with Gasteiger partial charge in [-0.2, -0.15) is 0 Å². The maximum absolute atomic E-state index is 5.86. The second-order valence-electron chi connectivity index (χ2n) is 3.93. The fourth-order valence-corrected chi connectivity index (χ4v) is 2.16. The molecule has 4 heteroatoms. The van der Waals surface area contributed by atoms with Crippen LogP contribution in [-0.4, -0.2) is 0 Å². The van der Waals surface area contributed by atoms with Crippen LogP contribution < -0.4 is 5.73 Å². The average molecular weight is 327 g/mol. The molecule has 0 aliphatic carbocycles. The molecule has 0 heterocycles. The first-order valence-electron chi connectivity index (χ1n) is 5.52. The summed E-state index contributed by atoms with van der Waals surface area (Å²) < 4.78 is 6.70. The Labute approximate surface area is 120 Å². The van der Waals surface area contributed by atoms with Gasteiger partial charge in [0, 0.05) is 20.7 Å². The quantitative estimate of drug-likeness (QED) is 0.845. The van der Waals surface area contributed by atoms with Gasteiger partial charge in [-0.1, -0.05) is 51.8 Å². The van der Waals surface area contributed by atoms with E-state index in [1.807, 2.05) is 36.4 Å². The summed E-state index contributed by atoms with van der Waals surface area (Å²) in [5, 5.41) is 0.641. The average Bonchev–Trinajstić information content (AvgIpc) is 2.34. The summed E-state index contributed by atoms with van der Waals surface area (Å²) in [5.41, 5.74) is 8.58. The smallest absolute Gasteiger partial charge is 0.0741 e. The van der Waals surface area contributed by atoms with Crippen molar-refractivity contribution < 1.29 is 4.74 Å². The van der Waals surface area contributed by atoms with Gasteiger partial charge in [0.05, 0.1) is 13.2 Å². The number of anilines is 1. The molecule has 0 bridgehead atoms. The van der Waals surface area contributed by atoms with Crippen LogP contribution in [0.15, 0.2) is 46.9 Å². The van der Waals surface area contributed by atoms with Crippen molar-refractivity contribution in [2.24, 2.45) is 0 Å². The summed E-state index contributed by atoms with van der Waals surface area (Å²) in [6.45, 7) is 1.02. The van der Waals surface area contributed by atoms with Crippen LogP contribution in [0.4, 0.5) is 5.69 Å². The second-order valence-corrected chi connectivity index (χ2v) is 5.22. The molecule has 0 amide bonds. The molecule has 0 spiro atoms. The standard InChI is InChI=1S/C14H13BrClNO/c15-13-4-2-1-3-10(13)8-18-9-11-5-6-12(16)7-14(11)17/h1-7H,8-9,17H2. The van der Waals surface area contributed by atoms with Crippen molar-refractivity contribution >= 4 is 33.2 Å². The van der Waals surface area contributed by atoms with Crippen molar-refractivity contribution in [3.05, 3.63) is 63.1 Å². The Balaban J connectivity index is 1.95. The minimum atomic E-state index is 0.477. The lowest BCUT2D eigenvalue weighted by atomic mass is 10.2. The predicted molar refractivity (Wildman–Crippen MR) is 78.5 cm³/mol. The Hall–Kier alpha value is -1.03. The highest BCUT2D eigenvalue weighted by atomic mass is 79.9. The lowest BCUT2D eigenvalue weighted by Crippen LogP contribution is -1.99.